The minimum atomic E-state index is 1.07. The highest BCUT2D eigenvalue weighted by Gasteiger charge is 2.14. The third kappa shape index (κ3) is 2.06. The molecule has 0 atom stereocenters. The summed E-state index contributed by atoms with van der Waals surface area (Å²) in [6.45, 7) is 2.08. The highest BCUT2D eigenvalue weighted by atomic mass is 32.1. The molecule has 0 nitrogen and oxygen atoms in total. The van der Waals surface area contributed by atoms with Crippen LogP contribution in [0.2, 0.25) is 0 Å². The van der Waals surface area contributed by atoms with E-state index in [1.54, 1.807) is 0 Å². The van der Waals surface area contributed by atoms with Crippen LogP contribution in [-0.4, -0.2) is 0 Å². The molecule has 2 aliphatic rings. The van der Waals surface area contributed by atoms with Gasteiger partial charge in [0.05, 0.1) is 0 Å². The van der Waals surface area contributed by atoms with E-state index in [9.17, 15) is 0 Å². The zero-order chi connectivity index (χ0) is 12.4. The van der Waals surface area contributed by atoms with Gasteiger partial charge in [0, 0.05) is 9.75 Å². The minimum Gasteiger partial charge on any atom is -0.135 e. The second-order valence-corrected chi connectivity index (χ2v) is 5.60. The van der Waals surface area contributed by atoms with E-state index in [4.69, 9.17) is 0 Å². The van der Waals surface area contributed by atoms with Crippen molar-refractivity contribution in [3.63, 3.8) is 0 Å². The maximum absolute atomic E-state index is 2.33. The molecule has 0 saturated heterocycles. The molecule has 1 aromatic rings. The fourth-order valence-corrected chi connectivity index (χ4v) is 3.58. The molecule has 0 aliphatic heterocycles. The summed E-state index contributed by atoms with van der Waals surface area (Å²) in [6, 6.07) is 2.33. The van der Waals surface area contributed by atoms with E-state index in [1.807, 2.05) is 11.3 Å². The van der Waals surface area contributed by atoms with Gasteiger partial charge in [-0.2, -0.15) is 0 Å². The molecule has 0 bridgehead atoms. The zero-order valence-corrected chi connectivity index (χ0v) is 11.3. The van der Waals surface area contributed by atoms with Crippen molar-refractivity contribution < 1.29 is 0 Å². The SMILES string of the molecule is C/C=C/c1cc(C2=CC=CC2)sc1C1=CC=CC1. The smallest absolute Gasteiger partial charge is 0.0384 e. The minimum absolute atomic E-state index is 1.07. The first-order valence-corrected chi connectivity index (χ1v) is 7.19. The van der Waals surface area contributed by atoms with Crippen LogP contribution < -0.4 is 0 Å². The second-order valence-electron chi connectivity index (χ2n) is 4.54. The van der Waals surface area contributed by atoms with E-state index in [2.05, 4.69) is 61.6 Å². The van der Waals surface area contributed by atoms with Gasteiger partial charge in [-0.1, -0.05) is 48.6 Å². The summed E-state index contributed by atoms with van der Waals surface area (Å²) in [5.74, 6) is 0. The molecule has 1 heterocycles. The first-order chi connectivity index (χ1) is 8.88. The predicted molar refractivity (Wildman–Crippen MR) is 82.5 cm³/mol. The predicted octanol–water partition coefficient (Wildman–Crippen LogP) is 5.47. The molecule has 0 unspecified atom stereocenters. The average Bonchev–Trinajstić information content (AvgIpc) is 3.11. The van der Waals surface area contributed by atoms with Crippen molar-refractivity contribution in [2.75, 3.05) is 0 Å². The Bertz CT molecular complexity index is 604. The summed E-state index contributed by atoms with van der Waals surface area (Å²) in [6.07, 6.45) is 19.7. The van der Waals surface area contributed by atoms with Gasteiger partial charge in [-0.3, -0.25) is 0 Å². The molecular weight excluding hydrogens is 236 g/mol. The summed E-state index contributed by atoms with van der Waals surface area (Å²) in [5.41, 5.74) is 4.26. The van der Waals surface area contributed by atoms with Gasteiger partial charge < -0.3 is 0 Å². The summed E-state index contributed by atoms with van der Waals surface area (Å²) in [4.78, 5) is 2.84. The molecule has 0 spiro atoms. The molecule has 0 saturated carbocycles. The Kier molecular flexibility index (Phi) is 3.16. The zero-order valence-electron chi connectivity index (χ0n) is 10.5. The van der Waals surface area contributed by atoms with E-state index in [-0.39, 0.29) is 0 Å². The Balaban J connectivity index is 2.01. The van der Waals surface area contributed by atoms with Crippen molar-refractivity contribution in [2.45, 2.75) is 19.8 Å². The Morgan fingerprint density at radius 2 is 1.78 bits per heavy atom. The number of thiophene rings is 1. The topological polar surface area (TPSA) is 0 Å². The Hall–Kier alpha value is -1.60. The monoisotopic (exact) mass is 252 g/mol. The third-order valence-electron chi connectivity index (χ3n) is 3.26. The van der Waals surface area contributed by atoms with Crippen molar-refractivity contribution in [1.29, 1.82) is 0 Å². The normalized spacial score (nSPS) is 17.8. The Labute approximate surface area is 112 Å². The van der Waals surface area contributed by atoms with Crippen LogP contribution in [-0.2, 0) is 0 Å². The van der Waals surface area contributed by atoms with Crippen LogP contribution in [0.3, 0.4) is 0 Å². The lowest BCUT2D eigenvalue weighted by Crippen LogP contribution is -1.77. The lowest BCUT2D eigenvalue weighted by Gasteiger charge is -1.99. The van der Waals surface area contributed by atoms with Crippen molar-refractivity contribution >= 4 is 28.6 Å². The van der Waals surface area contributed by atoms with E-state index in [0.717, 1.165) is 12.8 Å². The van der Waals surface area contributed by atoms with Gasteiger partial charge in [0.2, 0.25) is 0 Å². The Morgan fingerprint density at radius 3 is 2.39 bits per heavy atom. The van der Waals surface area contributed by atoms with Crippen LogP contribution in [0, 0.1) is 0 Å². The maximum Gasteiger partial charge on any atom is 0.0384 e. The fourth-order valence-electron chi connectivity index (χ4n) is 2.36. The molecule has 1 aromatic heterocycles. The number of rotatable bonds is 3. The van der Waals surface area contributed by atoms with Crippen LogP contribution in [0.5, 0.6) is 0 Å². The molecular formula is C17H16S. The van der Waals surface area contributed by atoms with Gasteiger partial charge in [-0.15, -0.1) is 11.3 Å². The van der Waals surface area contributed by atoms with Crippen molar-refractivity contribution in [2.24, 2.45) is 0 Å². The molecule has 3 rings (SSSR count). The van der Waals surface area contributed by atoms with Crippen LogP contribution in [0.25, 0.3) is 17.2 Å². The van der Waals surface area contributed by atoms with Crippen LogP contribution in [0.1, 0.15) is 35.1 Å². The quantitative estimate of drug-likeness (QED) is 0.669. The average molecular weight is 252 g/mol. The van der Waals surface area contributed by atoms with Crippen molar-refractivity contribution in [1.82, 2.24) is 0 Å². The standard InChI is InChI=1S/C17H16S/c1-2-7-15-12-16(13-8-3-4-9-13)18-17(15)14-10-5-6-11-14/h2-8,10,12H,9,11H2,1H3/b7-2+. The molecule has 18 heavy (non-hydrogen) atoms. The molecule has 0 radical (unpaired) electrons. The van der Waals surface area contributed by atoms with Gasteiger partial charge in [0.15, 0.2) is 0 Å². The molecule has 0 amide bonds. The molecule has 2 aliphatic carbocycles. The van der Waals surface area contributed by atoms with Gasteiger partial charge in [-0.25, -0.2) is 0 Å². The fraction of sp³-hybridized carbons (Fsp3) is 0.176. The van der Waals surface area contributed by atoms with Crippen molar-refractivity contribution in [3.05, 3.63) is 63.9 Å². The van der Waals surface area contributed by atoms with Gasteiger partial charge in [0.1, 0.15) is 0 Å². The van der Waals surface area contributed by atoms with Gasteiger partial charge in [-0.05, 0) is 42.5 Å². The van der Waals surface area contributed by atoms with E-state index >= 15 is 0 Å². The molecule has 0 aromatic carbocycles. The number of allylic oxidation sites excluding steroid dienone is 9. The van der Waals surface area contributed by atoms with Crippen LogP contribution in [0.15, 0.2) is 48.6 Å². The molecule has 90 valence electrons. The van der Waals surface area contributed by atoms with Crippen LogP contribution >= 0.6 is 11.3 Å². The first kappa shape index (κ1) is 11.5. The Morgan fingerprint density at radius 1 is 1.06 bits per heavy atom. The summed E-state index contributed by atoms with van der Waals surface area (Å²) in [7, 11) is 0. The second kappa shape index (κ2) is 4.95. The van der Waals surface area contributed by atoms with Gasteiger partial charge >= 0.3 is 0 Å². The van der Waals surface area contributed by atoms with Gasteiger partial charge in [0.25, 0.3) is 0 Å². The van der Waals surface area contributed by atoms with Crippen molar-refractivity contribution in [3.8, 4) is 0 Å². The highest BCUT2D eigenvalue weighted by Crippen LogP contribution is 2.38. The number of hydrogen-bond donors (Lipinski definition) is 0. The lowest BCUT2D eigenvalue weighted by atomic mass is 10.1. The number of hydrogen-bond acceptors (Lipinski definition) is 1. The van der Waals surface area contributed by atoms with Crippen LogP contribution in [0.4, 0.5) is 0 Å². The summed E-state index contributed by atoms with van der Waals surface area (Å²) < 4.78 is 0. The van der Waals surface area contributed by atoms with E-state index in [0.29, 0.717) is 0 Å². The lowest BCUT2D eigenvalue weighted by molar-refractivity contribution is 1.46. The van der Waals surface area contributed by atoms with E-state index in [1.165, 1.54) is 26.5 Å². The largest absolute Gasteiger partial charge is 0.135 e. The summed E-state index contributed by atoms with van der Waals surface area (Å²) in [5, 5.41) is 0. The molecule has 0 fully saturated rings. The van der Waals surface area contributed by atoms with E-state index < -0.39 is 0 Å². The summed E-state index contributed by atoms with van der Waals surface area (Å²) >= 11 is 1.93. The maximum atomic E-state index is 2.33. The molecule has 0 N–H and O–H groups in total. The highest BCUT2D eigenvalue weighted by molar-refractivity contribution is 7.14. The third-order valence-corrected chi connectivity index (χ3v) is 4.56. The first-order valence-electron chi connectivity index (χ1n) is 6.37. The molecule has 1 heteroatoms.